The van der Waals surface area contributed by atoms with Crippen molar-refractivity contribution >= 4 is 23.3 Å². The van der Waals surface area contributed by atoms with Crippen molar-refractivity contribution < 1.29 is 19.6 Å². The molecule has 0 saturated heterocycles. The maximum atomic E-state index is 12.6. The van der Waals surface area contributed by atoms with Gasteiger partial charge >= 0.3 is 5.97 Å². The fourth-order valence-corrected chi connectivity index (χ4v) is 2.21. The van der Waals surface area contributed by atoms with E-state index >= 15 is 0 Å². The molecule has 1 aromatic rings. The summed E-state index contributed by atoms with van der Waals surface area (Å²) in [5.41, 5.74) is 0.225. The fraction of sp³-hybridized carbons (Fsp3) is 0.467. The number of nitro groups is 1. The molecule has 7 heteroatoms. The Kier molecular flexibility index (Phi) is 6.49. The lowest BCUT2D eigenvalue weighted by Crippen LogP contribution is -2.37. The van der Waals surface area contributed by atoms with Crippen molar-refractivity contribution in [3.63, 3.8) is 0 Å². The van der Waals surface area contributed by atoms with E-state index in [1.165, 1.54) is 23.1 Å². The number of rotatable bonds is 8. The number of nitrogens with zero attached hydrogens (tertiary/aromatic N) is 2. The monoisotopic (exact) mass is 308 g/mol. The summed E-state index contributed by atoms with van der Waals surface area (Å²) in [5, 5.41) is 19.7. The van der Waals surface area contributed by atoms with Gasteiger partial charge in [-0.1, -0.05) is 19.9 Å². The van der Waals surface area contributed by atoms with E-state index in [0.29, 0.717) is 18.5 Å². The molecule has 0 heterocycles. The predicted molar refractivity (Wildman–Crippen MR) is 81.8 cm³/mol. The van der Waals surface area contributed by atoms with Gasteiger partial charge in [0.15, 0.2) is 0 Å². The average Bonchev–Trinajstić information content (AvgIpc) is 2.48. The molecule has 0 bridgehead atoms. The number of carboxylic acid groups (broad SMARTS) is 1. The van der Waals surface area contributed by atoms with Gasteiger partial charge in [-0.25, -0.2) is 0 Å². The number of hydrogen-bond donors (Lipinski definition) is 1. The quantitative estimate of drug-likeness (QED) is 0.588. The number of non-ortho nitro benzene ring substituents is 1. The Morgan fingerprint density at radius 1 is 1.32 bits per heavy atom. The van der Waals surface area contributed by atoms with Crippen LogP contribution < -0.4 is 4.90 Å². The minimum atomic E-state index is -1.02. The highest BCUT2D eigenvalue weighted by molar-refractivity contribution is 5.95. The Labute approximate surface area is 128 Å². The van der Waals surface area contributed by atoms with E-state index in [1.54, 1.807) is 6.07 Å². The van der Waals surface area contributed by atoms with E-state index in [2.05, 4.69) is 0 Å². The molecule has 0 spiro atoms. The van der Waals surface area contributed by atoms with Gasteiger partial charge in [-0.15, -0.1) is 0 Å². The zero-order valence-corrected chi connectivity index (χ0v) is 12.7. The summed E-state index contributed by atoms with van der Waals surface area (Å²) in [4.78, 5) is 35.0. The van der Waals surface area contributed by atoms with Gasteiger partial charge in [0.05, 0.1) is 17.0 Å². The maximum Gasteiger partial charge on any atom is 0.305 e. The second kappa shape index (κ2) is 8.11. The molecule has 0 aromatic heterocycles. The molecule has 0 aliphatic rings. The lowest BCUT2D eigenvalue weighted by molar-refractivity contribution is -0.384. The topological polar surface area (TPSA) is 101 Å². The van der Waals surface area contributed by atoms with Crippen molar-refractivity contribution in [2.24, 2.45) is 5.92 Å². The molecular weight excluding hydrogens is 288 g/mol. The summed E-state index contributed by atoms with van der Waals surface area (Å²) in [6, 6.07) is 5.69. The Bertz CT molecular complexity index is 555. The number of carbonyl (C=O) groups is 2. The van der Waals surface area contributed by atoms with Crippen LogP contribution in [0, 0.1) is 16.0 Å². The van der Waals surface area contributed by atoms with Crippen LogP contribution in [-0.2, 0) is 9.59 Å². The van der Waals surface area contributed by atoms with E-state index in [0.717, 1.165) is 0 Å². The second-order valence-electron chi connectivity index (χ2n) is 4.92. The zero-order valence-electron chi connectivity index (χ0n) is 12.7. The van der Waals surface area contributed by atoms with Gasteiger partial charge in [-0.05, 0) is 18.9 Å². The summed E-state index contributed by atoms with van der Waals surface area (Å²) in [6.45, 7) is 3.76. The Morgan fingerprint density at radius 3 is 2.45 bits per heavy atom. The molecule has 1 rings (SSSR count). The first-order valence-electron chi connectivity index (χ1n) is 7.18. The lowest BCUT2D eigenvalue weighted by Gasteiger charge is -2.26. The molecule has 120 valence electrons. The third-order valence-electron chi connectivity index (χ3n) is 3.50. The van der Waals surface area contributed by atoms with Gasteiger partial charge in [-0.3, -0.25) is 19.7 Å². The molecule has 0 atom stereocenters. The molecule has 0 saturated carbocycles. The normalized spacial score (nSPS) is 10.5. The summed E-state index contributed by atoms with van der Waals surface area (Å²) < 4.78 is 0. The molecule has 0 aliphatic heterocycles. The summed E-state index contributed by atoms with van der Waals surface area (Å²) in [7, 11) is 0. The van der Waals surface area contributed by atoms with Crippen LogP contribution in [0.5, 0.6) is 0 Å². The van der Waals surface area contributed by atoms with Crippen LogP contribution >= 0.6 is 0 Å². The third kappa shape index (κ3) is 4.54. The smallest absolute Gasteiger partial charge is 0.305 e. The SMILES string of the molecule is CCC(CC)C(=O)N(CCC(=O)O)c1cccc([N+](=O)[O-])c1. The number of carbonyl (C=O) groups excluding carboxylic acids is 1. The second-order valence-corrected chi connectivity index (χ2v) is 4.92. The number of benzene rings is 1. The van der Waals surface area contributed by atoms with Gasteiger partial charge in [0.1, 0.15) is 0 Å². The van der Waals surface area contributed by atoms with Crippen molar-refractivity contribution in [2.75, 3.05) is 11.4 Å². The van der Waals surface area contributed by atoms with Crippen LogP contribution in [0.3, 0.4) is 0 Å². The molecule has 1 amide bonds. The molecule has 0 unspecified atom stereocenters. The van der Waals surface area contributed by atoms with Crippen molar-refractivity contribution in [1.82, 2.24) is 0 Å². The Hall–Kier alpha value is -2.44. The van der Waals surface area contributed by atoms with E-state index in [4.69, 9.17) is 5.11 Å². The first-order valence-corrected chi connectivity index (χ1v) is 7.18. The van der Waals surface area contributed by atoms with Gasteiger partial charge < -0.3 is 10.0 Å². The zero-order chi connectivity index (χ0) is 16.7. The number of aliphatic carboxylic acids is 1. The molecular formula is C15H20N2O5. The maximum absolute atomic E-state index is 12.6. The molecule has 0 aliphatic carbocycles. The number of carboxylic acids is 1. The van der Waals surface area contributed by atoms with Crippen molar-refractivity contribution in [3.05, 3.63) is 34.4 Å². The van der Waals surface area contributed by atoms with Crippen molar-refractivity contribution in [3.8, 4) is 0 Å². The van der Waals surface area contributed by atoms with Crippen LogP contribution in [0.4, 0.5) is 11.4 Å². The van der Waals surface area contributed by atoms with E-state index < -0.39 is 10.9 Å². The molecule has 1 aromatic carbocycles. The lowest BCUT2D eigenvalue weighted by atomic mass is 10.0. The molecule has 0 radical (unpaired) electrons. The van der Waals surface area contributed by atoms with E-state index in [-0.39, 0.29) is 30.5 Å². The molecule has 0 fully saturated rings. The van der Waals surface area contributed by atoms with Crippen molar-refractivity contribution in [1.29, 1.82) is 0 Å². The van der Waals surface area contributed by atoms with Crippen LogP contribution in [0.25, 0.3) is 0 Å². The average molecular weight is 308 g/mol. The first-order chi connectivity index (χ1) is 10.4. The standard InChI is InChI=1S/C15H20N2O5/c1-3-11(4-2)15(20)16(9-8-14(18)19)12-6-5-7-13(10-12)17(21)22/h5-7,10-11H,3-4,8-9H2,1-2H3,(H,18,19). The highest BCUT2D eigenvalue weighted by Crippen LogP contribution is 2.24. The van der Waals surface area contributed by atoms with Crippen LogP contribution in [0.1, 0.15) is 33.1 Å². The van der Waals surface area contributed by atoms with Crippen LogP contribution in [0.15, 0.2) is 24.3 Å². The summed E-state index contributed by atoms with van der Waals surface area (Å²) >= 11 is 0. The molecule has 7 nitrogen and oxygen atoms in total. The van der Waals surface area contributed by atoms with E-state index in [9.17, 15) is 19.7 Å². The minimum absolute atomic E-state index is 0.00810. The predicted octanol–water partition coefficient (Wildman–Crippen LogP) is 2.84. The Balaban J connectivity index is 3.13. The minimum Gasteiger partial charge on any atom is -0.481 e. The largest absolute Gasteiger partial charge is 0.481 e. The van der Waals surface area contributed by atoms with E-state index in [1.807, 2.05) is 13.8 Å². The number of anilines is 1. The Morgan fingerprint density at radius 2 is 1.95 bits per heavy atom. The molecule has 1 N–H and O–H groups in total. The number of hydrogen-bond acceptors (Lipinski definition) is 4. The van der Waals surface area contributed by atoms with Crippen molar-refractivity contribution in [2.45, 2.75) is 33.1 Å². The van der Waals surface area contributed by atoms with Gasteiger partial charge in [0.25, 0.3) is 5.69 Å². The fourth-order valence-electron chi connectivity index (χ4n) is 2.21. The first kappa shape index (κ1) is 17.6. The van der Waals surface area contributed by atoms with Gasteiger partial charge in [0, 0.05) is 24.6 Å². The number of amides is 1. The van der Waals surface area contributed by atoms with Crippen LogP contribution in [-0.4, -0.2) is 28.5 Å². The number of nitro benzene ring substituents is 1. The third-order valence-corrected chi connectivity index (χ3v) is 3.50. The van der Waals surface area contributed by atoms with Gasteiger partial charge in [0.2, 0.25) is 5.91 Å². The summed E-state index contributed by atoms with van der Waals surface area (Å²) in [5.74, 6) is -1.45. The summed E-state index contributed by atoms with van der Waals surface area (Å²) in [6.07, 6.45) is 1.05. The van der Waals surface area contributed by atoms with Crippen LogP contribution in [0.2, 0.25) is 0 Å². The highest BCUT2D eigenvalue weighted by Gasteiger charge is 2.24. The molecule has 22 heavy (non-hydrogen) atoms. The van der Waals surface area contributed by atoms with Gasteiger partial charge in [-0.2, -0.15) is 0 Å². The highest BCUT2D eigenvalue weighted by atomic mass is 16.6.